The van der Waals surface area contributed by atoms with E-state index in [0.717, 1.165) is 11.6 Å². The Hall–Kier alpha value is -2.40. The molecule has 6 heteroatoms. The van der Waals surface area contributed by atoms with Crippen LogP contribution in [-0.4, -0.2) is 17.9 Å². The SMILES string of the molecule is NC(=O)C1Cc2ccccc2N1C(=O)c1c(F)cccc1Cl. The van der Waals surface area contributed by atoms with Crippen LogP contribution in [0.3, 0.4) is 0 Å². The van der Waals surface area contributed by atoms with Crippen molar-refractivity contribution in [1.82, 2.24) is 0 Å². The quantitative estimate of drug-likeness (QED) is 0.925. The van der Waals surface area contributed by atoms with Gasteiger partial charge in [-0.25, -0.2) is 4.39 Å². The third kappa shape index (κ3) is 2.23. The molecule has 0 aliphatic carbocycles. The minimum atomic E-state index is -0.847. The highest BCUT2D eigenvalue weighted by Crippen LogP contribution is 2.34. The van der Waals surface area contributed by atoms with Gasteiger partial charge >= 0.3 is 0 Å². The molecular formula is C16H12ClFN2O2. The van der Waals surface area contributed by atoms with E-state index < -0.39 is 23.7 Å². The summed E-state index contributed by atoms with van der Waals surface area (Å²) in [6.45, 7) is 0. The molecule has 1 aliphatic heterocycles. The molecule has 2 aromatic carbocycles. The molecule has 2 amide bonds. The Bertz CT molecular complexity index is 758. The lowest BCUT2D eigenvalue weighted by atomic mass is 10.1. The van der Waals surface area contributed by atoms with Gasteiger partial charge in [0, 0.05) is 12.1 Å². The Morgan fingerprint density at radius 3 is 2.59 bits per heavy atom. The van der Waals surface area contributed by atoms with E-state index in [4.69, 9.17) is 17.3 Å². The van der Waals surface area contributed by atoms with Gasteiger partial charge in [-0.2, -0.15) is 0 Å². The number of carbonyl (C=O) groups excluding carboxylic acids is 2. The largest absolute Gasteiger partial charge is 0.368 e. The second-order valence-electron chi connectivity index (χ2n) is 5.02. The van der Waals surface area contributed by atoms with Crippen molar-refractivity contribution in [1.29, 1.82) is 0 Å². The summed E-state index contributed by atoms with van der Waals surface area (Å²) in [6, 6.07) is 10.2. The number of rotatable bonds is 2. The number of halogens is 2. The van der Waals surface area contributed by atoms with Crippen LogP contribution < -0.4 is 10.6 Å². The number of hydrogen-bond donors (Lipinski definition) is 1. The van der Waals surface area contributed by atoms with Gasteiger partial charge in [-0.3, -0.25) is 14.5 Å². The molecule has 0 saturated carbocycles. The zero-order chi connectivity index (χ0) is 15.9. The van der Waals surface area contributed by atoms with Crippen LogP contribution in [0.4, 0.5) is 10.1 Å². The number of benzene rings is 2. The monoisotopic (exact) mass is 318 g/mol. The van der Waals surface area contributed by atoms with E-state index in [-0.39, 0.29) is 10.6 Å². The highest BCUT2D eigenvalue weighted by molar-refractivity contribution is 6.34. The Labute approximate surface area is 131 Å². The van der Waals surface area contributed by atoms with E-state index >= 15 is 0 Å². The number of carbonyl (C=O) groups is 2. The van der Waals surface area contributed by atoms with E-state index in [1.165, 1.54) is 17.0 Å². The zero-order valence-corrected chi connectivity index (χ0v) is 12.2. The lowest BCUT2D eigenvalue weighted by Crippen LogP contribution is -2.46. The van der Waals surface area contributed by atoms with Crippen LogP contribution in [0.2, 0.25) is 5.02 Å². The van der Waals surface area contributed by atoms with Crippen molar-refractivity contribution in [3.05, 3.63) is 64.4 Å². The molecule has 112 valence electrons. The number of fused-ring (bicyclic) bond motifs is 1. The van der Waals surface area contributed by atoms with Gasteiger partial charge in [0.2, 0.25) is 5.91 Å². The third-order valence-electron chi connectivity index (χ3n) is 3.70. The first kappa shape index (κ1) is 14.5. The number of hydrogen-bond acceptors (Lipinski definition) is 2. The number of para-hydroxylation sites is 1. The predicted octanol–water partition coefficient (Wildman–Crippen LogP) is 2.54. The molecule has 3 rings (SSSR count). The van der Waals surface area contributed by atoms with Gasteiger partial charge in [0.25, 0.3) is 5.91 Å². The number of amides is 2. The fraction of sp³-hybridized carbons (Fsp3) is 0.125. The molecule has 22 heavy (non-hydrogen) atoms. The van der Waals surface area contributed by atoms with Crippen molar-refractivity contribution in [2.45, 2.75) is 12.5 Å². The van der Waals surface area contributed by atoms with Crippen LogP contribution in [0, 0.1) is 5.82 Å². The van der Waals surface area contributed by atoms with Crippen molar-refractivity contribution in [2.75, 3.05) is 4.90 Å². The zero-order valence-electron chi connectivity index (χ0n) is 11.4. The molecule has 0 bridgehead atoms. The highest BCUT2D eigenvalue weighted by Gasteiger charge is 2.38. The molecular weight excluding hydrogens is 307 g/mol. The number of nitrogens with zero attached hydrogens (tertiary/aromatic N) is 1. The minimum absolute atomic E-state index is 0.00222. The van der Waals surface area contributed by atoms with E-state index in [1.54, 1.807) is 18.2 Å². The molecule has 0 saturated heterocycles. The van der Waals surface area contributed by atoms with Crippen molar-refractivity contribution >= 4 is 29.1 Å². The average molecular weight is 319 g/mol. The van der Waals surface area contributed by atoms with Gasteiger partial charge in [0.1, 0.15) is 11.9 Å². The van der Waals surface area contributed by atoms with Crippen LogP contribution in [0.15, 0.2) is 42.5 Å². The van der Waals surface area contributed by atoms with Crippen LogP contribution in [-0.2, 0) is 11.2 Å². The number of primary amides is 1. The van der Waals surface area contributed by atoms with Gasteiger partial charge in [-0.05, 0) is 23.8 Å². The van der Waals surface area contributed by atoms with Crippen LogP contribution >= 0.6 is 11.6 Å². The number of nitrogens with two attached hydrogens (primary N) is 1. The van der Waals surface area contributed by atoms with Crippen LogP contribution in [0.1, 0.15) is 15.9 Å². The third-order valence-corrected chi connectivity index (χ3v) is 4.01. The maximum Gasteiger partial charge on any atom is 0.263 e. The maximum atomic E-state index is 14.0. The van der Waals surface area contributed by atoms with Gasteiger partial charge in [0.15, 0.2) is 0 Å². The summed E-state index contributed by atoms with van der Waals surface area (Å²) in [5.41, 5.74) is 6.51. The normalized spacial score (nSPS) is 16.5. The van der Waals surface area contributed by atoms with E-state index in [2.05, 4.69) is 0 Å². The van der Waals surface area contributed by atoms with E-state index in [1.807, 2.05) is 6.07 Å². The summed E-state index contributed by atoms with van der Waals surface area (Å²) in [5, 5.41) is -0.00222. The van der Waals surface area contributed by atoms with Gasteiger partial charge in [0.05, 0.1) is 10.6 Å². The molecule has 4 nitrogen and oxygen atoms in total. The lowest BCUT2D eigenvalue weighted by molar-refractivity contribution is -0.119. The first-order valence-corrected chi connectivity index (χ1v) is 7.03. The Kier molecular flexibility index (Phi) is 3.58. The van der Waals surface area contributed by atoms with Crippen molar-refractivity contribution < 1.29 is 14.0 Å². The summed E-state index contributed by atoms with van der Waals surface area (Å²) >= 11 is 5.95. The molecule has 1 aliphatic rings. The molecule has 0 fully saturated rings. The molecule has 2 aromatic rings. The smallest absolute Gasteiger partial charge is 0.263 e. The van der Waals surface area contributed by atoms with Crippen LogP contribution in [0.5, 0.6) is 0 Å². The second kappa shape index (κ2) is 5.42. The Morgan fingerprint density at radius 1 is 1.18 bits per heavy atom. The summed E-state index contributed by atoms with van der Waals surface area (Å²) < 4.78 is 14.0. The summed E-state index contributed by atoms with van der Waals surface area (Å²) in [5.74, 6) is -2.04. The maximum absolute atomic E-state index is 14.0. The second-order valence-corrected chi connectivity index (χ2v) is 5.43. The molecule has 2 N–H and O–H groups in total. The van der Waals surface area contributed by atoms with Gasteiger partial charge in [-0.15, -0.1) is 0 Å². The van der Waals surface area contributed by atoms with E-state index in [9.17, 15) is 14.0 Å². The van der Waals surface area contributed by atoms with Crippen molar-refractivity contribution in [3.8, 4) is 0 Å². The minimum Gasteiger partial charge on any atom is -0.368 e. The molecule has 0 spiro atoms. The summed E-state index contributed by atoms with van der Waals surface area (Å²) in [7, 11) is 0. The topological polar surface area (TPSA) is 63.4 Å². The first-order valence-electron chi connectivity index (χ1n) is 6.65. The molecule has 1 heterocycles. The molecule has 1 unspecified atom stereocenters. The van der Waals surface area contributed by atoms with Gasteiger partial charge in [-0.1, -0.05) is 35.9 Å². The van der Waals surface area contributed by atoms with Crippen molar-refractivity contribution in [3.63, 3.8) is 0 Å². The lowest BCUT2D eigenvalue weighted by Gasteiger charge is -2.24. The van der Waals surface area contributed by atoms with E-state index in [0.29, 0.717) is 12.1 Å². The predicted molar refractivity (Wildman–Crippen MR) is 81.3 cm³/mol. The standard InChI is InChI=1S/C16H12ClFN2O2/c17-10-5-3-6-11(18)14(10)16(22)20-12-7-2-1-4-9(12)8-13(20)15(19)21/h1-7,13H,8H2,(H2,19,21). The molecule has 0 radical (unpaired) electrons. The highest BCUT2D eigenvalue weighted by atomic mass is 35.5. The number of anilines is 1. The summed E-state index contributed by atoms with van der Waals surface area (Å²) in [6.07, 6.45) is 0.309. The first-order chi connectivity index (χ1) is 10.5. The van der Waals surface area contributed by atoms with Gasteiger partial charge < -0.3 is 5.73 Å². The molecule has 0 aromatic heterocycles. The average Bonchev–Trinajstić information content (AvgIpc) is 2.86. The van der Waals surface area contributed by atoms with Crippen LogP contribution in [0.25, 0.3) is 0 Å². The summed E-state index contributed by atoms with van der Waals surface area (Å²) in [4.78, 5) is 25.7. The Morgan fingerprint density at radius 2 is 1.91 bits per heavy atom. The van der Waals surface area contributed by atoms with Crippen molar-refractivity contribution in [2.24, 2.45) is 5.73 Å². The fourth-order valence-corrected chi connectivity index (χ4v) is 2.93. The molecule has 1 atom stereocenters. The Balaban J connectivity index is 2.12. The fourth-order valence-electron chi connectivity index (χ4n) is 2.69.